The van der Waals surface area contributed by atoms with Gasteiger partial charge in [0.15, 0.2) is 0 Å². The molecular weight excluding hydrogens is 410 g/mol. The minimum Gasteiger partial charge on any atom is -0.396 e. The summed E-state index contributed by atoms with van der Waals surface area (Å²) in [6.45, 7) is 3.82. The molecule has 0 radical (unpaired) electrons. The van der Waals surface area contributed by atoms with Crippen molar-refractivity contribution in [3.05, 3.63) is 108 Å². The first-order valence-corrected chi connectivity index (χ1v) is 11.8. The number of hydrogen-bond donors (Lipinski definition) is 2. The lowest BCUT2D eigenvalue weighted by Crippen LogP contribution is -2.55. The monoisotopic (exact) mass is 443 g/mol. The molecule has 1 unspecified atom stereocenters. The van der Waals surface area contributed by atoms with Gasteiger partial charge in [-0.15, -0.1) is 0 Å². The molecule has 0 saturated carbocycles. The van der Waals surface area contributed by atoms with Crippen LogP contribution in [0.15, 0.2) is 91.0 Å². The Morgan fingerprint density at radius 1 is 0.758 bits per heavy atom. The Bertz CT molecular complexity index is 934. The van der Waals surface area contributed by atoms with E-state index in [0.717, 1.165) is 31.7 Å². The van der Waals surface area contributed by atoms with Gasteiger partial charge in [0.25, 0.3) is 0 Å². The Morgan fingerprint density at radius 2 is 1.24 bits per heavy atom. The summed E-state index contributed by atoms with van der Waals surface area (Å²) in [6.07, 6.45) is 0.446. The van der Waals surface area contributed by atoms with E-state index in [9.17, 15) is 9.90 Å². The van der Waals surface area contributed by atoms with Crippen LogP contribution in [0.2, 0.25) is 0 Å². The molecule has 0 spiro atoms. The third-order valence-electron chi connectivity index (χ3n) is 6.40. The van der Waals surface area contributed by atoms with Gasteiger partial charge in [0, 0.05) is 39.3 Å². The highest BCUT2D eigenvalue weighted by molar-refractivity contribution is 5.81. The second kappa shape index (κ2) is 11.8. The van der Waals surface area contributed by atoms with E-state index in [0.29, 0.717) is 13.0 Å². The molecule has 5 nitrogen and oxygen atoms in total. The number of rotatable bonds is 9. The molecule has 3 aromatic rings. The Labute approximate surface area is 196 Å². The van der Waals surface area contributed by atoms with E-state index >= 15 is 0 Å². The van der Waals surface area contributed by atoms with Crippen LogP contribution in [-0.4, -0.2) is 59.6 Å². The van der Waals surface area contributed by atoms with Gasteiger partial charge in [0.1, 0.15) is 0 Å². The number of aliphatic hydroxyl groups excluding tert-OH is 1. The predicted octanol–water partition coefficient (Wildman–Crippen LogP) is 3.46. The number of amides is 1. The van der Waals surface area contributed by atoms with E-state index in [2.05, 4.69) is 75.8 Å². The largest absolute Gasteiger partial charge is 0.396 e. The molecule has 2 N–H and O–H groups in total. The van der Waals surface area contributed by atoms with Crippen LogP contribution < -0.4 is 5.32 Å². The van der Waals surface area contributed by atoms with Crippen LogP contribution in [0, 0.1) is 0 Å². The molecule has 5 heteroatoms. The zero-order chi connectivity index (χ0) is 22.9. The third kappa shape index (κ3) is 6.08. The lowest BCUT2D eigenvalue weighted by atomic mass is 9.96. The molecule has 1 heterocycles. The zero-order valence-corrected chi connectivity index (χ0v) is 19.0. The van der Waals surface area contributed by atoms with Crippen molar-refractivity contribution in [2.75, 3.05) is 32.8 Å². The average molecular weight is 444 g/mol. The lowest BCUT2D eigenvalue weighted by molar-refractivity contribution is -0.128. The van der Waals surface area contributed by atoms with E-state index in [1.165, 1.54) is 11.1 Å². The second-order valence-electron chi connectivity index (χ2n) is 8.53. The Morgan fingerprint density at radius 3 is 1.76 bits per heavy atom. The SMILES string of the molecule is O=C(NCc1ccccc1)C(CCO)N1CCN(C(c2ccccc2)c2ccccc2)CC1. The molecule has 0 bridgehead atoms. The normalized spacial score (nSPS) is 15.9. The fraction of sp³-hybridized carbons (Fsp3) is 0.321. The Balaban J connectivity index is 1.42. The van der Waals surface area contributed by atoms with E-state index in [4.69, 9.17) is 0 Å². The van der Waals surface area contributed by atoms with E-state index < -0.39 is 0 Å². The van der Waals surface area contributed by atoms with Crippen molar-refractivity contribution in [3.8, 4) is 0 Å². The predicted molar refractivity (Wildman–Crippen MR) is 132 cm³/mol. The molecule has 0 aromatic heterocycles. The number of aliphatic hydroxyl groups is 1. The molecule has 33 heavy (non-hydrogen) atoms. The molecule has 1 aliphatic rings. The summed E-state index contributed by atoms with van der Waals surface area (Å²) in [6, 6.07) is 31.1. The van der Waals surface area contributed by atoms with Crippen molar-refractivity contribution in [1.29, 1.82) is 0 Å². The van der Waals surface area contributed by atoms with Crippen molar-refractivity contribution in [2.24, 2.45) is 0 Å². The number of nitrogens with zero attached hydrogens (tertiary/aromatic N) is 2. The fourth-order valence-corrected chi connectivity index (χ4v) is 4.70. The number of nitrogens with one attached hydrogen (secondary N) is 1. The molecular formula is C28H33N3O2. The highest BCUT2D eigenvalue weighted by atomic mass is 16.3. The highest BCUT2D eigenvalue weighted by Gasteiger charge is 2.31. The number of carbonyl (C=O) groups excluding carboxylic acids is 1. The minimum absolute atomic E-state index is 0.000291. The van der Waals surface area contributed by atoms with Gasteiger partial charge in [-0.1, -0.05) is 91.0 Å². The minimum atomic E-state index is -0.312. The maximum absolute atomic E-state index is 13.0. The van der Waals surface area contributed by atoms with E-state index in [1.807, 2.05) is 30.3 Å². The smallest absolute Gasteiger partial charge is 0.237 e. The summed E-state index contributed by atoms with van der Waals surface area (Å²) in [7, 11) is 0. The van der Waals surface area contributed by atoms with Crippen LogP contribution in [0.1, 0.15) is 29.2 Å². The fourth-order valence-electron chi connectivity index (χ4n) is 4.70. The number of carbonyl (C=O) groups is 1. The van der Waals surface area contributed by atoms with Gasteiger partial charge in [-0.25, -0.2) is 0 Å². The summed E-state index contributed by atoms with van der Waals surface area (Å²) in [5.41, 5.74) is 3.64. The van der Waals surface area contributed by atoms with Crippen molar-refractivity contribution in [1.82, 2.24) is 15.1 Å². The number of hydrogen-bond acceptors (Lipinski definition) is 4. The van der Waals surface area contributed by atoms with Gasteiger partial charge in [-0.2, -0.15) is 0 Å². The van der Waals surface area contributed by atoms with Crippen LogP contribution in [0.3, 0.4) is 0 Å². The summed E-state index contributed by atoms with van der Waals surface area (Å²) < 4.78 is 0. The van der Waals surface area contributed by atoms with Crippen molar-refractivity contribution < 1.29 is 9.90 Å². The van der Waals surface area contributed by atoms with Gasteiger partial charge in [-0.05, 0) is 23.1 Å². The number of benzene rings is 3. The topological polar surface area (TPSA) is 55.8 Å². The maximum atomic E-state index is 13.0. The van der Waals surface area contributed by atoms with Gasteiger partial charge >= 0.3 is 0 Å². The second-order valence-corrected chi connectivity index (χ2v) is 8.53. The molecule has 1 amide bonds. The first-order chi connectivity index (χ1) is 16.3. The van der Waals surface area contributed by atoms with Crippen LogP contribution >= 0.6 is 0 Å². The van der Waals surface area contributed by atoms with Gasteiger partial charge in [0.05, 0.1) is 12.1 Å². The van der Waals surface area contributed by atoms with Crippen LogP contribution in [0.4, 0.5) is 0 Å². The van der Waals surface area contributed by atoms with Crippen molar-refractivity contribution >= 4 is 5.91 Å². The standard InChI is InChI=1S/C28H33N3O2/c32-21-16-26(28(33)29-22-23-10-4-1-5-11-23)30-17-19-31(20-18-30)27(24-12-6-2-7-13-24)25-14-8-3-9-15-25/h1-15,26-27,32H,16-22H2,(H,29,33). The van der Waals surface area contributed by atoms with Crippen LogP contribution in [0.5, 0.6) is 0 Å². The highest BCUT2D eigenvalue weighted by Crippen LogP contribution is 2.29. The molecule has 172 valence electrons. The molecule has 4 rings (SSSR count). The third-order valence-corrected chi connectivity index (χ3v) is 6.40. The van der Waals surface area contributed by atoms with Gasteiger partial charge in [0.2, 0.25) is 5.91 Å². The summed E-state index contributed by atoms with van der Waals surface area (Å²) >= 11 is 0. The lowest BCUT2D eigenvalue weighted by Gasteiger charge is -2.42. The molecule has 1 aliphatic heterocycles. The molecule has 3 aromatic carbocycles. The molecule has 1 saturated heterocycles. The maximum Gasteiger partial charge on any atom is 0.237 e. The van der Waals surface area contributed by atoms with E-state index in [-0.39, 0.29) is 24.6 Å². The van der Waals surface area contributed by atoms with E-state index in [1.54, 1.807) is 0 Å². The van der Waals surface area contributed by atoms with Crippen molar-refractivity contribution in [2.45, 2.75) is 25.0 Å². The van der Waals surface area contributed by atoms with Crippen LogP contribution in [0.25, 0.3) is 0 Å². The number of piperazine rings is 1. The first-order valence-electron chi connectivity index (χ1n) is 11.8. The van der Waals surface area contributed by atoms with Gasteiger partial charge in [-0.3, -0.25) is 14.6 Å². The quantitative estimate of drug-likeness (QED) is 0.532. The molecule has 1 atom stereocenters. The van der Waals surface area contributed by atoms with Gasteiger partial charge < -0.3 is 10.4 Å². The zero-order valence-electron chi connectivity index (χ0n) is 19.0. The molecule has 1 fully saturated rings. The van der Waals surface area contributed by atoms with Crippen molar-refractivity contribution in [3.63, 3.8) is 0 Å². The Hall–Kier alpha value is -2.99. The summed E-state index contributed by atoms with van der Waals surface area (Å²) in [5, 5.41) is 12.7. The molecule has 0 aliphatic carbocycles. The summed E-state index contributed by atoms with van der Waals surface area (Å²) in [4.78, 5) is 17.7. The summed E-state index contributed by atoms with van der Waals surface area (Å²) in [5.74, 6) is -0.0102. The first kappa shape index (κ1) is 23.2. The Kier molecular flexibility index (Phi) is 8.25. The van der Waals surface area contributed by atoms with Crippen LogP contribution in [-0.2, 0) is 11.3 Å². The average Bonchev–Trinajstić information content (AvgIpc) is 2.88.